The van der Waals surface area contributed by atoms with Gasteiger partial charge in [0.15, 0.2) is 0 Å². The first kappa shape index (κ1) is 16.9. The minimum Gasteiger partial charge on any atom is -0.366 e. The van der Waals surface area contributed by atoms with Crippen molar-refractivity contribution in [2.75, 3.05) is 6.61 Å². The number of nitrogens with zero attached hydrogens (tertiary/aromatic N) is 3. The largest absolute Gasteiger partial charge is 0.366 e. The van der Waals surface area contributed by atoms with Gasteiger partial charge >= 0.3 is 0 Å². The second-order valence-electron chi connectivity index (χ2n) is 6.39. The molecule has 26 heavy (non-hydrogen) atoms. The van der Waals surface area contributed by atoms with Gasteiger partial charge in [-0.1, -0.05) is 35.5 Å². The summed E-state index contributed by atoms with van der Waals surface area (Å²) in [6.45, 7) is 4.48. The molecule has 1 fully saturated rings. The molecule has 0 bridgehead atoms. The fourth-order valence-corrected chi connectivity index (χ4v) is 3.97. The van der Waals surface area contributed by atoms with Crippen LogP contribution < -0.4 is 0 Å². The van der Waals surface area contributed by atoms with Crippen LogP contribution in [0.5, 0.6) is 0 Å². The number of hydrogen-bond acceptors (Lipinski definition) is 6. The Labute approximate surface area is 155 Å². The Balaban J connectivity index is 1.66. The Bertz CT molecular complexity index is 906. The van der Waals surface area contributed by atoms with Crippen molar-refractivity contribution in [1.82, 2.24) is 15.0 Å². The predicted octanol–water partition coefficient (Wildman–Crippen LogP) is 3.60. The lowest BCUT2D eigenvalue weighted by Crippen LogP contribution is -2.47. The van der Waals surface area contributed by atoms with Gasteiger partial charge in [0, 0.05) is 17.5 Å². The molecule has 4 rings (SSSR count). The lowest BCUT2D eigenvalue weighted by atomic mass is 10.1. The number of morpholine rings is 1. The summed E-state index contributed by atoms with van der Waals surface area (Å²) in [5.74, 6) is 0.870. The maximum atomic E-state index is 12.5. The number of thiophene rings is 1. The molecule has 0 N–H and O–H groups in total. The molecule has 7 heteroatoms. The van der Waals surface area contributed by atoms with Crippen molar-refractivity contribution in [2.45, 2.75) is 32.5 Å². The molecule has 0 unspecified atom stereocenters. The first-order valence-electron chi connectivity index (χ1n) is 8.45. The molecule has 2 atom stereocenters. The molecule has 3 heterocycles. The van der Waals surface area contributed by atoms with E-state index in [0.29, 0.717) is 18.3 Å². The zero-order valence-corrected chi connectivity index (χ0v) is 15.4. The van der Waals surface area contributed by atoms with Crippen LogP contribution in [-0.4, -0.2) is 33.7 Å². The number of carbonyl (C=O) groups excluding carboxylic acids is 1. The number of rotatable bonds is 4. The van der Waals surface area contributed by atoms with E-state index in [-0.39, 0.29) is 18.6 Å². The summed E-state index contributed by atoms with van der Waals surface area (Å²) in [5, 5.41) is 8.16. The normalized spacial score (nSPS) is 20.5. The van der Waals surface area contributed by atoms with Crippen LogP contribution in [-0.2, 0) is 16.1 Å². The number of ether oxygens (including phenoxy) is 1. The first-order chi connectivity index (χ1) is 12.6. The number of benzene rings is 1. The number of aromatic nitrogens is 2. The summed E-state index contributed by atoms with van der Waals surface area (Å²) in [7, 11) is 0. The van der Waals surface area contributed by atoms with E-state index in [1.807, 2.05) is 54.9 Å². The van der Waals surface area contributed by atoms with Gasteiger partial charge in [0.2, 0.25) is 11.7 Å². The van der Waals surface area contributed by atoms with Crippen LogP contribution in [0, 0.1) is 6.92 Å². The van der Waals surface area contributed by atoms with E-state index in [1.54, 1.807) is 16.2 Å². The third kappa shape index (κ3) is 3.15. The molecule has 1 saturated heterocycles. The molecule has 1 aliphatic heterocycles. The fraction of sp³-hybridized carbons (Fsp3) is 0.316. The third-order valence-corrected chi connectivity index (χ3v) is 5.42. The van der Waals surface area contributed by atoms with Crippen LogP contribution in [0.2, 0.25) is 0 Å². The first-order valence-corrected chi connectivity index (χ1v) is 9.39. The summed E-state index contributed by atoms with van der Waals surface area (Å²) in [6.07, 6.45) is -0.228. The number of carbonyl (C=O) groups is 1. The number of aryl methyl sites for hydroxylation is 1. The van der Waals surface area contributed by atoms with E-state index in [4.69, 9.17) is 9.26 Å². The molecule has 134 valence electrons. The predicted molar refractivity (Wildman–Crippen MR) is 97.5 cm³/mol. The highest BCUT2D eigenvalue weighted by atomic mass is 32.1. The van der Waals surface area contributed by atoms with Gasteiger partial charge in [-0.3, -0.25) is 4.79 Å². The van der Waals surface area contributed by atoms with Gasteiger partial charge in [-0.15, -0.1) is 0 Å². The topological polar surface area (TPSA) is 68.5 Å². The average Bonchev–Trinajstić information content (AvgIpc) is 3.28. The van der Waals surface area contributed by atoms with E-state index < -0.39 is 6.04 Å². The summed E-state index contributed by atoms with van der Waals surface area (Å²) < 4.78 is 11.2. The highest BCUT2D eigenvalue weighted by Gasteiger charge is 2.39. The SMILES string of the molecule is Cc1cscc1-c1noc([C@@H]2[C@@H](C)OCC(=O)N2Cc2ccccc2)n1. The van der Waals surface area contributed by atoms with Gasteiger partial charge in [-0.25, -0.2) is 0 Å². The quantitative estimate of drug-likeness (QED) is 0.703. The smallest absolute Gasteiger partial charge is 0.252 e. The molecule has 3 aromatic rings. The van der Waals surface area contributed by atoms with E-state index >= 15 is 0 Å². The van der Waals surface area contributed by atoms with Gasteiger partial charge in [-0.2, -0.15) is 16.3 Å². The summed E-state index contributed by atoms with van der Waals surface area (Å²) >= 11 is 1.60. The van der Waals surface area contributed by atoms with Gasteiger partial charge in [0.1, 0.15) is 12.6 Å². The molecular formula is C19H19N3O3S. The summed E-state index contributed by atoms with van der Waals surface area (Å²) in [5.41, 5.74) is 3.11. The van der Waals surface area contributed by atoms with Crippen LogP contribution >= 0.6 is 11.3 Å². The number of amides is 1. The average molecular weight is 369 g/mol. The Morgan fingerprint density at radius 1 is 1.27 bits per heavy atom. The van der Waals surface area contributed by atoms with E-state index in [2.05, 4.69) is 10.1 Å². The van der Waals surface area contributed by atoms with Crippen molar-refractivity contribution in [3.05, 3.63) is 58.1 Å². The monoisotopic (exact) mass is 369 g/mol. The van der Waals surface area contributed by atoms with Crippen molar-refractivity contribution in [2.24, 2.45) is 0 Å². The maximum absolute atomic E-state index is 12.5. The Morgan fingerprint density at radius 3 is 2.81 bits per heavy atom. The van der Waals surface area contributed by atoms with Crippen molar-refractivity contribution < 1.29 is 14.1 Å². The highest BCUT2D eigenvalue weighted by molar-refractivity contribution is 7.08. The third-order valence-electron chi connectivity index (χ3n) is 4.56. The standard InChI is InChI=1S/C19H19N3O3S/c1-12-10-26-11-15(12)18-20-19(25-21-18)17-13(2)24-9-16(23)22(17)8-14-6-4-3-5-7-14/h3-7,10-11,13,17H,8-9H2,1-2H3/t13-,17+/m1/s1. The van der Waals surface area contributed by atoms with Crippen LogP contribution in [0.15, 0.2) is 45.6 Å². The minimum absolute atomic E-state index is 0.0646. The van der Waals surface area contributed by atoms with Crippen LogP contribution in [0.25, 0.3) is 11.4 Å². The molecular weight excluding hydrogens is 350 g/mol. The molecule has 0 radical (unpaired) electrons. The zero-order valence-electron chi connectivity index (χ0n) is 14.6. The van der Waals surface area contributed by atoms with Crippen molar-refractivity contribution in [3.8, 4) is 11.4 Å². The van der Waals surface area contributed by atoms with Gasteiger partial charge in [0.25, 0.3) is 5.89 Å². The van der Waals surface area contributed by atoms with Crippen molar-refractivity contribution >= 4 is 17.2 Å². The molecule has 1 aromatic carbocycles. The van der Waals surface area contributed by atoms with Crippen molar-refractivity contribution in [1.29, 1.82) is 0 Å². The molecule has 2 aromatic heterocycles. The maximum Gasteiger partial charge on any atom is 0.252 e. The van der Waals surface area contributed by atoms with Crippen LogP contribution in [0.4, 0.5) is 0 Å². The number of hydrogen-bond donors (Lipinski definition) is 0. The van der Waals surface area contributed by atoms with E-state index in [9.17, 15) is 4.79 Å². The van der Waals surface area contributed by atoms with E-state index in [1.165, 1.54) is 0 Å². The molecule has 0 aliphatic carbocycles. The molecule has 6 nitrogen and oxygen atoms in total. The lowest BCUT2D eigenvalue weighted by molar-refractivity contribution is -0.159. The molecule has 1 amide bonds. The van der Waals surface area contributed by atoms with Gasteiger partial charge in [-0.05, 0) is 30.4 Å². The Hall–Kier alpha value is -2.51. The van der Waals surface area contributed by atoms with Crippen LogP contribution in [0.3, 0.4) is 0 Å². The van der Waals surface area contributed by atoms with Gasteiger partial charge in [0.05, 0.1) is 6.10 Å². The molecule has 0 spiro atoms. The summed E-state index contributed by atoms with van der Waals surface area (Å²) in [4.78, 5) is 18.9. The Kier molecular flexibility index (Phi) is 4.57. The van der Waals surface area contributed by atoms with Crippen LogP contribution in [0.1, 0.15) is 30.0 Å². The Morgan fingerprint density at radius 2 is 2.08 bits per heavy atom. The van der Waals surface area contributed by atoms with Gasteiger partial charge < -0.3 is 14.2 Å². The fourth-order valence-electron chi connectivity index (χ4n) is 3.14. The molecule has 1 aliphatic rings. The summed E-state index contributed by atoms with van der Waals surface area (Å²) in [6, 6.07) is 9.47. The highest BCUT2D eigenvalue weighted by Crippen LogP contribution is 2.32. The van der Waals surface area contributed by atoms with Crippen molar-refractivity contribution in [3.63, 3.8) is 0 Å². The minimum atomic E-state index is -0.406. The second kappa shape index (κ2) is 7.01. The lowest BCUT2D eigenvalue weighted by Gasteiger charge is -2.37. The second-order valence-corrected chi connectivity index (χ2v) is 7.14. The zero-order chi connectivity index (χ0) is 18.1. The van der Waals surface area contributed by atoms with E-state index in [0.717, 1.165) is 16.7 Å². The molecule has 0 saturated carbocycles.